The van der Waals surface area contributed by atoms with Crippen molar-refractivity contribution in [3.05, 3.63) is 118 Å². The van der Waals surface area contributed by atoms with Crippen LogP contribution in [-0.4, -0.2) is 45.4 Å². The van der Waals surface area contributed by atoms with Crippen LogP contribution >= 0.6 is 0 Å². The van der Waals surface area contributed by atoms with E-state index in [1.807, 2.05) is 20.8 Å². The Bertz CT molecular complexity index is 2100. The lowest BCUT2D eigenvalue weighted by molar-refractivity contribution is 0.383. The van der Waals surface area contributed by atoms with Gasteiger partial charge in [-0.15, -0.1) is 0 Å². The van der Waals surface area contributed by atoms with Crippen LogP contribution < -0.4 is 4.72 Å². The Labute approximate surface area is 264 Å². The van der Waals surface area contributed by atoms with Gasteiger partial charge in [0, 0.05) is 38.3 Å². The van der Waals surface area contributed by atoms with Gasteiger partial charge in [-0.3, -0.25) is 4.98 Å². The molecule has 6 rings (SSSR count). The topological polar surface area (TPSA) is 134 Å². The standard InChI is InChI=1S/C32H34N4O6S3/c1-22-4-10-25(11-5-22)43(37,38)33-18-32-30-21-36(45(41,42)27-14-8-24(3)9-15-27)19-28(30)29-20-35(17-16-31(29)34-32)44(39,40)26-12-6-23(2)7-13-26/h4-15,33H,16-21H2,1-3H3. The van der Waals surface area contributed by atoms with E-state index in [1.54, 1.807) is 60.7 Å². The van der Waals surface area contributed by atoms with Gasteiger partial charge < -0.3 is 0 Å². The van der Waals surface area contributed by atoms with E-state index in [4.69, 9.17) is 4.98 Å². The van der Waals surface area contributed by atoms with E-state index in [9.17, 15) is 25.3 Å². The number of fused-ring (bicyclic) bond motifs is 3. The van der Waals surface area contributed by atoms with E-state index in [1.165, 1.54) is 20.7 Å². The lowest BCUT2D eigenvalue weighted by Gasteiger charge is -2.30. The lowest BCUT2D eigenvalue weighted by atomic mass is 9.97. The lowest BCUT2D eigenvalue weighted by Crippen LogP contribution is -2.37. The van der Waals surface area contributed by atoms with Crippen molar-refractivity contribution >= 4 is 30.1 Å². The number of benzene rings is 3. The van der Waals surface area contributed by atoms with Crippen molar-refractivity contribution in [1.82, 2.24) is 18.3 Å². The molecule has 0 spiro atoms. The van der Waals surface area contributed by atoms with Crippen molar-refractivity contribution in [2.45, 2.75) is 68.1 Å². The molecule has 3 aromatic carbocycles. The third kappa shape index (κ3) is 6.08. The smallest absolute Gasteiger partial charge is 0.243 e. The summed E-state index contributed by atoms with van der Waals surface area (Å²) >= 11 is 0. The highest BCUT2D eigenvalue weighted by Crippen LogP contribution is 2.37. The molecule has 1 N–H and O–H groups in total. The van der Waals surface area contributed by atoms with Gasteiger partial charge in [0.25, 0.3) is 0 Å². The number of aryl methyl sites for hydroxylation is 3. The van der Waals surface area contributed by atoms with Crippen molar-refractivity contribution in [3.63, 3.8) is 0 Å². The molecular weight excluding hydrogens is 633 g/mol. The number of nitrogens with zero attached hydrogens (tertiary/aromatic N) is 3. The average Bonchev–Trinajstić information content (AvgIpc) is 3.48. The number of hydrogen-bond acceptors (Lipinski definition) is 7. The molecule has 0 aliphatic carbocycles. The summed E-state index contributed by atoms with van der Waals surface area (Å²) < 4.78 is 86.3. The van der Waals surface area contributed by atoms with E-state index in [-0.39, 0.29) is 47.4 Å². The maximum absolute atomic E-state index is 13.7. The van der Waals surface area contributed by atoms with Crippen LogP contribution in [0.4, 0.5) is 0 Å². The van der Waals surface area contributed by atoms with E-state index >= 15 is 0 Å². The maximum Gasteiger partial charge on any atom is 0.243 e. The summed E-state index contributed by atoms with van der Waals surface area (Å²) in [6, 6.07) is 19.8. The second-order valence-corrected chi connectivity index (χ2v) is 17.2. The molecule has 2 aliphatic rings. The zero-order chi connectivity index (χ0) is 32.1. The molecule has 236 valence electrons. The van der Waals surface area contributed by atoms with Crippen molar-refractivity contribution in [2.75, 3.05) is 6.54 Å². The van der Waals surface area contributed by atoms with Crippen LogP contribution in [0.5, 0.6) is 0 Å². The van der Waals surface area contributed by atoms with E-state index < -0.39 is 30.1 Å². The zero-order valence-electron chi connectivity index (χ0n) is 25.2. The van der Waals surface area contributed by atoms with E-state index in [0.717, 1.165) is 16.7 Å². The van der Waals surface area contributed by atoms with Crippen LogP contribution in [0.3, 0.4) is 0 Å². The first-order valence-corrected chi connectivity index (χ1v) is 18.8. The zero-order valence-corrected chi connectivity index (χ0v) is 27.6. The molecule has 4 aromatic rings. The van der Waals surface area contributed by atoms with Gasteiger partial charge in [-0.05, 0) is 73.9 Å². The Hall–Kier alpha value is -3.46. The molecule has 0 fully saturated rings. The first kappa shape index (κ1) is 31.5. The summed E-state index contributed by atoms with van der Waals surface area (Å²) in [5.41, 5.74) is 5.79. The first-order chi connectivity index (χ1) is 21.3. The Balaban J connectivity index is 1.37. The third-order valence-electron chi connectivity index (χ3n) is 8.38. The first-order valence-electron chi connectivity index (χ1n) is 14.5. The largest absolute Gasteiger partial charge is 0.256 e. The quantitative estimate of drug-likeness (QED) is 0.301. The summed E-state index contributed by atoms with van der Waals surface area (Å²) in [6.45, 7) is 5.72. The molecule has 1 aromatic heterocycles. The minimum absolute atomic E-state index is 0.0157. The van der Waals surface area contributed by atoms with Crippen molar-refractivity contribution in [3.8, 4) is 0 Å². The van der Waals surface area contributed by atoms with Gasteiger partial charge in [0.2, 0.25) is 30.1 Å². The van der Waals surface area contributed by atoms with E-state index in [2.05, 4.69) is 4.72 Å². The molecular formula is C32H34N4O6S3. The number of nitrogens with one attached hydrogen (secondary N) is 1. The maximum atomic E-state index is 13.7. The van der Waals surface area contributed by atoms with Gasteiger partial charge in [-0.2, -0.15) is 8.61 Å². The molecule has 3 heterocycles. The number of rotatable bonds is 8. The predicted molar refractivity (Wildman–Crippen MR) is 170 cm³/mol. The minimum atomic E-state index is -3.91. The molecule has 0 saturated carbocycles. The number of sulfonamides is 3. The second kappa shape index (κ2) is 11.7. The normalized spacial score (nSPS) is 16.0. The number of aromatic nitrogens is 1. The molecule has 45 heavy (non-hydrogen) atoms. The molecule has 0 atom stereocenters. The fraction of sp³-hybridized carbons (Fsp3) is 0.281. The molecule has 10 nitrogen and oxygen atoms in total. The fourth-order valence-corrected chi connectivity index (χ4v) is 9.47. The minimum Gasteiger partial charge on any atom is -0.256 e. The van der Waals surface area contributed by atoms with Crippen LogP contribution in [0.1, 0.15) is 44.8 Å². The van der Waals surface area contributed by atoms with Crippen LogP contribution in [0.15, 0.2) is 87.5 Å². The van der Waals surface area contributed by atoms with Gasteiger partial charge in [-0.25, -0.2) is 30.0 Å². The fourth-order valence-electron chi connectivity index (χ4n) is 5.70. The van der Waals surface area contributed by atoms with Crippen molar-refractivity contribution in [2.24, 2.45) is 0 Å². The average molecular weight is 667 g/mol. The van der Waals surface area contributed by atoms with Crippen LogP contribution in [-0.2, 0) is 62.7 Å². The Morgan fingerprint density at radius 3 is 1.58 bits per heavy atom. The molecule has 0 saturated heterocycles. The number of pyridine rings is 1. The van der Waals surface area contributed by atoms with Gasteiger partial charge in [-0.1, -0.05) is 53.1 Å². The Kier molecular flexibility index (Phi) is 8.21. The van der Waals surface area contributed by atoms with Gasteiger partial charge >= 0.3 is 0 Å². The monoisotopic (exact) mass is 666 g/mol. The van der Waals surface area contributed by atoms with Gasteiger partial charge in [0.15, 0.2) is 0 Å². The summed E-state index contributed by atoms with van der Waals surface area (Å²) in [4.78, 5) is 5.27. The van der Waals surface area contributed by atoms with Crippen molar-refractivity contribution < 1.29 is 25.3 Å². The summed E-state index contributed by atoms with van der Waals surface area (Å²) in [6.07, 6.45) is 0.302. The van der Waals surface area contributed by atoms with Crippen LogP contribution in [0.2, 0.25) is 0 Å². The molecule has 2 aliphatic heterocycles. The highest BCUT2D eigenvalue weighted by molar-refractivity contribution is 7.89. The summed E-state index contributed by atoms with van der Waals surface area (Å²) in [7, 11) is -11.6. The second-order valence-electron chi connectivity index (χ2n) is 11.6. The predicted octanol–water partition coefficient (Wildman–Crippen LogP) is 3.94. The van der Waals surface area contributed by atoms with Crippen molar-refractivity contribution in [1.29, 1.82) is 0 Å². The Morgan fingerprint density at radius 1 is 0.600 bits per heavy atom. The van der Waals surface area contributed by atoms with Gasteiger partial charge in [0.05, 0.1) is 26.9 Å². The van der Waals surface area contributed by atoms with E-state index in [0.29, 0.717) is 34.5 Å². The Morgan fingerprint density at radius 2 is 1.04 bits per heavy atom. The SMILES string of the molecule is Cc1ccc(S(=O)(=O)NCc2nc3c(c4c2CN(S(=O)(=O)c2ccc(C)cc2)C4)CN(S(=O)(=O)c2ccc(C)cc2)CC3)cc1. The number of hydrogen-bond donors (Lipinski definition) is 1. The van der Waals surface area contributed by atoms with Crippen LogP contribution in [0.25, 0.3) is 0 Å². The molecule has 0 unspecified atom stereocenters. The molecule has 13 heteroatoms. The van der Waals surface area contributed by atoms with Crippen LogP contribution in [0, 0.1) is 20.8 Å². The highest BCUT2D eigenvalue weighted by Gasteiger charge is 2.38. The molecule has 0 amide bonds. The molecule has 0 bridgehead atoms. The summed E-state index contributed by atoms with van der Waals surface area (Å²) in [5, 5.41) is 0. The van der Waals surface area contributed by atoms with Gasteiger partial charge in [0.1, 0.15) is 0 Å². The third-order valence-corrected chi connectivity index (χ3v) is 13.5. The summed E-state index contributed by atoms with van der Waals surface area (Å²) in [5.74, 6) is 0. The molecule has 0 radical (unpaired) electrons. The highest BCUT2D eigenvalue weighted by atomic mass is 32.2.